The monoisotopic (exact) mass is 415 g/mol. The van der Waals surface area contributed by atoms with Crippen LogP contribution in [0.25, 0.3) is 0 Å². The van der Waals surface area contributed by atoms with Gasteiger partial charge in [-0.05, 0) is 56.2 Å². The Morgan fingerprint density at radius 3 is 2.14 bits per heavy atom. The Morgan fingerprint density at radius 2 is 1.59 bits per heavy atom. The van der Waals surface area contributed by atoms with Gasteiger partial charge in [0.15, 0.2) is 0 Å². The number of piperazine rings is 1. The van der Waals surface area contributed by atoms with E-state index in [0.29, 0.717) is 18.8 Å². The number of sulfonamides is 1. The summed E-state index contributed by atoms with van der Waals surface area (Å²) < 4.78 is 26.3. The minimum atomic E-state index is -3.61. The second-order valence-corrected chi connectivity index (χ2v) is 9.51. The number of nitrogens with zero attached hydrogens (tertiary/aromatic N) is 3. The zero-order valence-corrected chi connectivity index (χ0v) is 18.3. The molecule has 7 heteroatoms. The molecule has 1 amide bonds. The first-order valence-corrected chi connectivity index (χ1v) is 11.7. The second-order valence-electron chi connectivity index (χ2n) is 7.65. The molecule has 0 aliphatic carbocycles. The van der Waals surface area contributed by atoms with E-state index in [1.807, 2.05) is 44.2 Å². The van der Waals surface area contributed by atoms with Crippen LogP contribution in [0, 0.1) is 13.8 Å². The van der Waals surface area contributed by atoms with Crippen molar-refractivity contribution in [1.82, 2.24) is 4.90 Å². The average Bonchev–Trinajstić information content (AvgIpc) is 2.70. The van der Waals surface area contributed by atoms with E-state index in [0.717, 1.165) is 36.2 Å². The van der Waals surface area contributed by atoms with Gasteiger partial charge in [0.2, 0.25) is 15.9 Å². The van der Waals surface area contributed by atoms with Crippen LogP contribution in [0.4, 0.5) is 11.4 Å². The Morgan fingerprint density at radius 1 is 0.966 bits per heavy atom. The number of carbonyl (C=O) groups is 1. The Hall–Kier alpha value is -2.54. The number of amides is 1. The van der Waals surface area contributed by atoms with E-state index in [2.05, 4.69) is 17.0 Å². The van der Waals surface area contributed by atoms with Gasteiger partial charge in [0.1, 0.15) is 6.04 Å². The standard InChI is InChI=1S/C22H29N3O3S/c1-17-10-11-21(16-18(17)2)25(29(4,27)28)19(3)22(26)24-14-12-23(13-15-24)20-8-6-5-7-9-20/h5-11,16,19H,12-15H2,1-4H3/t19-/m0/s1. The molecule has 1 heterocycles. The predicted molar refractivity (Wildman–Crippen MR) is 118 cm³/mol. The molecule has 156 valence electrons. The molecule has 0 saturated carbocycles. The van der Waals surface area contributed by atoms with Crippen molar-refractivity contribution < 1.29 is 13.2 Å². The smallest absolute Gasteiger partial charge is 0.246 e. The van der Waals surface area contributed by atoms with Crippen molar-refractivity contribution in [2.45, 2.75) is 26.8 Å². The van der Waals surface area contributed by atoms with Crippen molar-refractivity contribution in [3.8, 4) is 0 Å². The van der Waals surface area contributed by atoms with Crippen LogP contribution >= 0.6 is 0 Å². The van der Waals surface area contributed by atoms with Gasteiger partial charge in [-0.2, -0.15) is 0 Å². The summed E-state index contributed by atoms with van der Waals surface area (Å²) in [5.74, 6) is -0.165. The second kappa shape index (κ2) is 8.45. The van der Waals surface area contributed by atoms with Gasteiger partial charge in [0.05, 0.1) is 11.9 Å². The Labute approximate surface area is 173 Å². The molecule has 0 N–H and O–H groups in total. The van der Waals surface area contributed by atoms with Crippen molar-refractivity contribution in [3.05, 3.63) is 59.7 Å². The van der Waals surface area contributed by atoms with Crippen LogP contribution in [0.3, 0.4) is 0 Å². The molecular weight excluding hydrogens is 386 g/mol. The lowest BCUT2D eigenvalue weighted by molar-refractivity contribution is -0.132. The molecule has 1 fully saturated rings. The topological polar surface area (TPSA) is 60.9 Å². The number of carbonyl (C=O) groups excluding carboxylic acids is 1. The van der Waals surface area contributed by atoms with Crippen LogP contribution in [0.15, 0.2) is 48.5 Å². The van der Waals surface area contributed by atoms with Crippen LogP contribution in [-0.4, -0.2) is 57.7 Å². The number of hydrogen-bond acceptors (Lipinski definition) is 4. The van der Waals surface area contributed by atoms with Gasteiger partial charge >= 0.3 is 0 Å². The molecule has 3 rings (SSSR count). The summed E-state index contributed by atoms with van der Waals surface area (Å²) >= 11 is 0. The van der Waals surface area contributed by atoms with E-state index in [9.17, 15) is 13.2 Å². The van der Waals surface area contributed by atoms with E-state index in [1.54, 1.807) is 17.9 Å². The van der Waals surface area contributed by atoms with Crippen LogP contribution < -0.4 is 9.21 Å². The maximum Gasteiger partial charge on any atom is 0.246 e. The van der Waals surface area contributed by atoms with Crippen molar-refractivity contribution >= 4 is 27.3 Å². The molecule has 2 aromatic carbocycles. The lowest BCUT2D eigenvalue weighted by Gasteiger charge is -2.39. The number of para-hydroxylation sites is 1. The molecule has 1 atom stereocenters. The summed E-state index contributed by atoms with van der Waals surface area (Å²) in [5.41, 5.74) is 3.74. The molecule has 1 aliphatic heterocycles. The van der Waals surface area contributed by atoms with Crippen molar-refractivity contribution in [2.24, 2.45) is 0 Å². The summed E-state index contributed by atoms with van der Waals surface area (Å²) in [7, 11) is -3.61. The first-order valence-electron chi connectivity index (χ1n) is 9.84. The third kappa shape index (κ3) is 4.72. The quantitative estimate of drug-likeness (QED) is 0.753. The molecule has 29 heavy (non-hydrogen) atoms. The van der Waals surface area contributed by atoms with Crippen molar-refractivity contribution in [1.29, 1.82) is 0 Å². The maximum atomic E-state index is 13.2. The highest BCUT2D eigenvalue weighted by atomic mass is 32.2. The first-order chi connectivity index (χ1) is 13.7. The molecule has 0 unspecified atom stereocenters. The Balaban J connectivity index is 1.76. The highest BCUT2D eigenvalue weighted by Crippen LogP contribution is 2.25. The summed E-state index contributed by atoms with van der Waals surface area (Å²) in [4.78, 5) is 17.2. The van der Waals surface area contributed by atoms with E-state index in [-0.39, 0.29) is 5.91 Å². The van der Waals surface area contributed by atoms with Gasteiger partial charge in [0, 0.05) is 31.9 Å². The summed E-state index contributed by atoms with van der Waals surface area (Å²) in [6.07, 6.45) is 1.15. The highest BCUT2D eigenvalue weighted by molar-refractivity contribution is 7.92. The SMILES string of the molecule is Cc1ccc(N([C@@H](C)C(=O)N2CCN(c3ccccc3)CC2)S(C)(=O)=O)cc1C. The molecule has 1 saturated heterocycles. The molecule has 2 aromatic rings. The third-order valence-electron chi connectivity index (χ3n) is 5.52. The predicted octanol–water partition coefficient (Wildman–Crippen LogP) is 2.81. The van der Waals surface area contributed by atoms with Crippen LogP contribution in [0.1, 0.15) is 18.1 Å². The number of rotatable bonds is 5. The van der Waals surface area contributed by atoms with E-state index in [1.165, 1.54) is 4.31 Å². The lowest BCUT2D eigenvalue weighted by atomic mass is 10.1. The Bertz CT molecular complexity index is 968. The van der Waals surface area contributed by atoms with Crippen LogP contribution in [-0.2, 0) is 14.8 Å². The molecular formula is C22H29N3O3S. The fourth-order valence-corrected chi connectivity index (χ4v) is 4.91. The van der Waals surface area contributed by atoms with E-state index < -0.39 is 16.1 Å². The normalized spacial score (nSPS) is 15.9. The number of aryl methyl sites for hydroxylation is 2. The summed E-state index contributed by atoms with van der Waals surface area (Å²) in [6, 6.07) is 14.8. The molecule has 6 nitrogen and oxygen atoms in total. The molecule has 0 radical (unpaired) electrons. The zero-order chi connectivity index (χ0) is 21.2. The average molecular weight is 416 g/mol. The number of anilines is 2. The fraction of sp³-hybridized carbons (Fsp3) is 0.409. The van der Waals surface area contributed by atoms with Gasteiger partial charge in [-0.15, -0.1) is 0 Å². The summed E-state index contributed by atoms with van der Waals surface area (Å²) in [5, 5.41) is 0. The number of hydrogen-bond donors (Lipinski definition) is 0. The molecule has 1 aliphatic rings. The summed E-state index contributed by atoms with van der Waals surface area (Å²) in [6.45, 7) is 8.18. The lowest BCUT2D eigenvalue weighted by Crippen LogP contribution is -2.55. The highest BCUT2D eigenvalue weighted by Gasteiger charge is 2.33. The van der Waals surface area contributed by atoms with E-state index in [4.69, 9.17) is 0 Å². The van der Waals surface area contributed by atoms with Gasteiger partial charge in [-0.1, -0.05) is 24.3 Å². The zero-order valence-electron chi connectivity index (χ0n) is 17.5. The maximum absolute atomic E-state index is 13.2. The van der Waals surface area contributed by atoms with Crippen LogP contribution in [0.5, 0.6) is 0 Å². The van der Waals surface area contributed by atoms with Crippen molar-refractivity contribution in [2.75, 3.05) is 41.6 Å². The fourth-order valence-electron chi connectivity index (χ4n) is 3.75. The van der Waals surface area contributed by atoms with Gasteiger partial charge in [0.25, 0.3) is 0 Å². The largest absolute Gasteiger partial charge is 0.368 e. The molecule has 0 spiro atoms. The minimum absolute atomic E-state index is 0.165. The molecule has 0 bridgehead atoms. The van der Waals surface area contributed by atoms with E-state index >= 15 is 0 Å². The first kappa shape index (κ1) is 21.2. The number of benzene rings is 2. The van der Waals surface area contributed by atoms with Gasteiger partial charge in [-0.3, -0.25) is 9.10 Å². The Kier molecular flexibility index (Phi) is 6.17. The minimum Gasteiger partial charge on any atom is -0.368 e. The van der Waals surface area contributed by atoms with Gasteiger partial charge < -0.3 is 9.80 Å². The third-order valence-corrected chi connectivity index (χ3v) is 6.77. The van der Waals surface area contributed by atoms with Gasteiger partial charge in [-0.25, -0.2) is 8.42 Å². The van der Waals surface area contributed by atoms with Crippen molar-refractivity contribution in [3.63, 3.8) is 0 Å². The molecule has 0 aromatic heterocycles. The van der Waals surface area contributed by atoms with Crippen LogP contribution in [0.2, 0.25) is 0 Å².